The molecule has 76 valence electrons. The van der Waals surface area contributed by atoms with Gasteiger partial charge in [0, 0.05) is 12.4 Å². The number of hydrogen-bond acceptors (Lipinski definition) is 2. The number of aromatic nitrogens is 2. The van der Waals surface area contributed by atoms with E-state index in [1.807, 2.05) is 24.5 Å². The van der Waals surface area contributed by atoms with Gasteiger partial charge in [0.1, 0.15) is 0 Å². The lowest BCUT2D eigenvalue weighted by atomic mass is 10.0. The summed E-state index contributed by atoms with van der Waals surface area (Å²) in [5.74, 6) is 0. The molecule has 0 spiro atoms. The highest BCUT2D eigenvalue weighted by Gasteiger charge is 2.08. The van der Waals surface area contributed by atoms with Crippen molar-refractivity contribution < 1.29 is 0 Å². The van der Waals surface area contributed by atoms with Gasteiger partial charge < -0.3 is 0 Å². The quantitative estimate of drug-likeness (QED) is 0.703. The molecule has 2 heterocycles. The molecule has 0 saturated heterocycles. The maximum Gasteiger partial charge on any atom is 0.0920 e. The first kappa shape index (κ1) is 9.84. The first-order chi connectivity index (χ1) is 7.20. The molecule has 2 aromatic heterocycles. The fraction of sp³-hybridized carbons (Fsp3) is 0.231. The van der Waals surface area contributed by atoms with Crippen LogP contribution in [0.2, 0.25) is 0 Å². The predicted octanol–water partition coefficient (Wildman–Crippen LogP) is 3.07. The standard InChI is InChI=1S/C13H14N2/c1-9-6-8-15-13(11(9)3)12-10(2)5-4-7-14-12/h4-8H,1-3H3. The molecule has 2 rings (SSSR count). The molecule has 0 atom stereocenters. The molecule has 15 heavy (non-hydrogen) atoms. The molecule has 0 unspecified atom stereocenters. The summed E-state index contributed by atoms with van der Waals surface area (Å²) in [4.78, 5) is 8.80. The van der Waals surface area contributed by atoms with Gasteiger partial charge in [-0.2, -0.15) is 0 Å². The topological polar surface area (TPSA) is 25.8 Å². The van der Waals surface area contributed by atoms with Crippen LogP contribution >= 0.6 is 0 Å². The van der Waals surface area contributed by atoms with Crippen molar-refractivity contribution >= 4 is 0 Å². The monoisotopic (exact) mass is 198 g/mol. The van der Waals surface area contributed by atoms with Gasteiger partial charge in [0.05, 0.1) is 11.4 Å². The lowest BCUT2D eigenvalue weighted by Crippen LogP contribution is -1.95. The second-order valence-corrected chi connectivity index (χ2v) is 3.77. The molecule has 2 aromatic rings. The molecular formula is C13H14N2. The molecule has 2 nitrogen and oxygen atoms in total. The van der Waals surface area contributed by atoms with Gasteiger partial charge in [-0.1, -0.05) is 6.07 Å². The lowest BCUT2D eigenvalue weighted by molar-refractivity contribution is 1.16. The smallest absolute Gasteiger partial charge is 0.0920 e. The summed E-state index contributed by atoms with van der Waals surface area (Å²) in [5, 5.41) is 0. The summed E-state index contributed by atoms with van der Waals surface area (Å²) in [6, 6.07) is 6.03. The van der Waals surface area contributed by atoms with Crippen molar-refractivity contribution in [2.24, 2.45) is 0 Å². The predicted molar refractivity (Wildman–Crippen MR) is 61.7 cm³/mol. The summed E-state index contributed by atoms with van der Waals surface area (Å²) in [7, 11) is 0. The SMILES string of the molecule is Cc1cccnc1-c1nccc(C)c1C. The Hall–Kier alpha value is -1.70. The molecule has 2 heteroatoms. The molecule has 0 amide bonds. The van der Waals surface area contributed by atoms with Crippen LogP contribution in [-0.2, 0) is 0 Å². The zero-order chi connectivity index (χ0) is 10.8. The van der Waals surface area contributed by atoms with Crippen molar-refractivity contribution in [2.45, 2.75) is 20.8 Å². The molecule has 0 aliphatic rings. The third kappa shape index (κ3) is 1.75. The van der Waals surface area contributed by atoms with E-state index >= 15 is 0 Å². The van der Waals surface area contributed by atoms with E-state index in [4.69, 9.17) is 0 Å². The van der Waals surface area contributed by atoms with Crippen molar-refractivity contribution in [2.75, 3.05) is 0 Å². The second-order valence-electron chi connectivity index (χ2n) is 3.77. The highest BCUT2D eigenvalue weighted by molar-refractivity contribution is 5.63. The van der Waals surface area contributed by atoms with E-state index in [2.05, 4.69) is 36.8 Å². The zero-order valence-electron chi connectivity index (χ0n) is 9.28. The van der Waals surface area contributed by atoms with Gasteiger partial charge in [0.25, 0.3) is 0 Å². The largest absolute Gasteiger partial charge is 0.254 e. The molecule has 0 fully saturated rings. The minimum Gasteiger partial charge on any atom is -0.254 e. The Morgan fingerprint density at radius 3 is 2.27 bits per heavy atom. The maximum absolute atomic E-state index is 4.41. The summed E-state index contributed by atoms with van der Waals surface area (Å²) in [6.45, 7) is 6.25. The van der Waals surface area contributed by atoms with Gasteiger partial charge in [-0.3, -0.25) is 9.97 Å². The zero-order valence-corrected chi connectivity index (χ0v) is 9.28. The second kappa shape index (κ2) is 3.81. The molecule has 0 saturated carbocycles. The first-order valence-corrected chi connectivity index (χ1v) is 5.04. The Morgan fingerprint density at radius 1 is 0.800 bits per heavy atom. The van der Waals surface area contributed by atoms with Crippen LogP contribution in [0.1, 0.15) is 16.7 Å². The van der Waals surface area contributed by atoms with Crippen molar-refractivity contribution in [3.05, 3.63) is 47.3 Å². The summed E-state index contributed by atoms with van der Waals surface area (Å²) in [5.41, 5.74) is 5.61. The third-order valence-corrected chi connectivity index (χ3v) is 2.71. The summed E-state index contributed by atoms with van der Waals surface area (Å²) >= 11 is 0. The fourth-order valence-electron chi connectivity index (χ4n) is 1.60. The summed E-state index contributed by atoms with van der Waals surface area (Å²) in [6.07, 6.45) is 3.65. The lowest BCUT2D eigenvalue weighted by Gasteiger charge is -2.08. The van der Waals surface area contributed by atoms with Crippen LogP contribution in [0.3, 0.4) is 0 Å². The summed E-state index contributed by atoms with van der Waals surface area (Å²) < 4.78 is 0. The number of aryl methyl sites for hydroxylation is 2. The van der Waals surface area contributed by atoms with E-state index in [1.54, 1.807) is 0 Å². The fourth-order valence-corrected chi connectivity index (χ4v) is 1.60. The van der Waals surface area contributed by atoms with Crippen molar-refractivity contribution in [1.82, 2.24) is 9.97 Å². The van der Waals surface area contributed by atoms with Crippen LogP contribution in [-0.4, -0.2) is 9.97 Å². The number of hydrogen-bond donors (Lipinski definition) is 0. The number of nitrogens with zero attached hydrogens (tertiary/aromatic N) is 2. The van der Waals surface area contributed by atoms with Crippen molar-refractivity contribution in [3.8, 4) is 11.4 Å². The van der Waals surface area contributed by atoms with Crippen molar-refractivity contribution in [3.63, 3.8) is 0 Å². The van der Waals surface area contributed by atoms with Crippen molar-refractivity contribution in [1.29, 1.82) is 0 Å². The highest BCUT2D eigenvalue weighted by atomic mass is 14.8. The average molecular weight is 198 g/mol. The Balaban J connectivity index is 2.65. The minimum atomic E-state index is 0.985. The van der Waals surface area contributed by atoms with E-state index in [-0.39, 0.29) is 0 Å². The number of pyridine rings is 2. The maximum atomic E-state index is 4.41. The van der Waals surface area contributed by atoms with Crippen LogP contribution in [0.25, 0.3) is 11.4 Å². The van der Waals surface area contributed by atoms with E-state index in [1.165, 1.54) is 16.7 Å². The van der Waals surface area contributed by atoms with E-state index in [0.717, 1.165) is 11.4 Å². The molecule has 0 aliphatic heterocycles. The highest BCUT2D eigenvalue weighted by Crippen LogP contribution is 2.23. The molecule has 0 radical (unpaired) electrons. The van der Waals surface area contributed by atoms with Gasteiger partial charge >= 0.3 is 0 Å². The Labute approximate surface area is 90.0 Å². The third-order valence-electron chi connectivity index (χ3n) is 2.71. The van der Waals surface area contributed by atoms with Crippen LogP contribution in [0.5, 0.6) is 0 Å². The molecule has 0 aromatic carbocycles. The van der Waals surface area contributed by atoms with Crippen LogP contribution in [0.4, 0.5) is 0 Å². The van der Waals surface area contributed by atoms with Crippen LogP contribution < -0.4 is 0 Å². The molecule has 0 N–H and O–H groups in total. The molecule has 0 bridgehead atoms. The van der Waals surface area contributed by atoms with Crippen LogP contribution in [0, 0.1) is 20.8 Å². The minimum absolute atomic E-state index is 0.985. The van der Waals surface area contributed by atoms with Crippen LogP contribution in [0.15, 0.2) is 30.6 Å². The Bertz CT molecular complexity index is 490. The molecule has 0 aliphatic carbocycles. The number of rotatable bonds is 1. The molecular weight excluding hydrogens is 184 g/mol. The Morgan fingerprint density at radius 2 is 1.53 bits per heavy atom. The van der Waals surface area contributed by atoms with E-state index < -0.39 is 0 Å². The van der Waals surface area contributed by atoms with Gasteiger partial charge in [-0.05, 0) is 49.6 Å². The van der Waals surface area contributed by atoms with E-state index in [9.17, 15) is 0 Å². The van der Waals surface area contributed by atoms with Gasteiger partial charge in [0.15, 0.2) is 0 Å². The van der Waals surface area contributed by atoms with E-state index in [0.29, 0.717) is 0 Å². The van der Waals surface area contributed by atoms with Gasteiger partial charge in [0.2, 0.25) is 0 Å². The van der Waals surface area contributed by atoms with Gasteiger partial charge in [-0.25, -0.2) is 0 Å². The van der Waals surface area contributed by atoms with Gasteiger partial charge in [-0.15, -0.1) is 0 Å². The normalized spacial score (nSPS) is 10.3. The average Bonchev–Trinajstić information content (AvgIpc) is 2.23. The Kier molecular flexibility index (Phi) is 2.50. The first-order valence-electron chi connectivity index (χ1n) is 5.04.